The molecule has 15 atom stereocenters. The zero-order valence-corrected chi connectivity index (χ0v) is 43.6. The zero-order valence-electron chi connectivity index (χ0n) is 43.6. The van der Waals surface area contributed by atoms with Gasteiger partial charge in [-0.3, -0.25) is 4.79 Å². The van der Waals surface area contributed by atoms with Crippen LogP contribution in [0.4, 0.5) is 0 Å². The highest BCUT2D eigenvalue weighted by molar-refractivity contribution is 5.81. The van der Waals surface area contributed by atoms with Crippen LogP contribution >= 0.6 is 0 Å². The summed E-state index contributed by atoms with van der Waals surface area (Å²) in [7, 11) is 0. The van der Waals surface area contributed by atoms with Crippen molar-refractivity contribution in [3.63, 3.8) is 0 Å². The van der Waals surface area contributed by atoms with E-state index in [1.165, 1.54) is 148 Å². The first-order valence-electron chi connectivity index (χ1n) is 28.5. The molecule has 414 valence electrons. The monoisotopic (exact) mass is 1010 g/mol. The van der Waals surface area contributed by atoms with E-state index in [9.17, 15) is 50.8 Å². The van der Waals surface area contributed by atoms with Crippen LogP contribution < -0.4 is 5.32 Å². The first-order valence-corrected chi connectivity index (χ1v) is 28.5. The number of unbranched alkanes of at least 4 members (excludes halogenated alkanes) is 29. The van der Waals surface area contributed by atoms with Crippen molar-refractivity contribution < 1.29 is 74.4 Å². The SMILES string of the molecule is CCCCCCCCCCCCCCCCCCCCCC1O[C@H](CCCCCCCCCCCCCC)[C@@H](O)[C@H](COC2OC(CO)C(O)C(OC3OC([C@H](O)CO)C(O)C3O)C2O)NC(=O)[C@@H]1O. The molecule has 3 saturated heterocycles. The van der Waals surface area contributed by atoms with Crippen LogP contribution in [0, 0.1) is 0 Å². The van der Waals surface area contributed by atoms with Gasteiger partial charge in [0, 0.05) is 0 Å². The molecule has 3 heterocycles. The molecular weight excluding hydrogens is 903 g/mol. The van der Waals surface area contributed by atoms with Gasteiger partial charge in [-0.25, -0.2) is 0 Å². The summed E-state index contributed by atoms with van der Waals surface area (Å²) in [6.45, 7) is 2.55. The standard InChI is InChI=1S/C54H103NO15/c1-3-5-7-9-11-13-15-17-18-19-20-21-22-23-25-27-29-31-33-35-42-46(61)52(65)55-39(44(59)41(67-42)34-32-30-28-26-24-16-14-12-10-8-6-4-2)38-66-53-49(64)51(45(60)43(37-57)68-53)70-54-48(63)47(62)50(69-54)40(58)36-56/h39-51,53-54,56-64H,3-38H2,1-2H3,(H,55,65)/t39-,40+,41+,42?,43?,44-,45?,46+,47?,48?,49?,50?,51?,53?,54?/m0/s1. The molecule has 3 rings (SSSR count). The van der Waals surface area contributed by atoms with Gasteiger partial charge in [0.2, 0.25) is 0 Å². The molecule has 0 aromatic rings. The van der Waals surface area contributed by atoms with E-state index in [1.807, 2.05) is 0 Å². The van der Waals surface area contributed by atoms with E-state index in [4.69, 9.17) is 23.7 Å². The summed E-state index contributed by atoms with van der Waals surface area (Å²) in [5.41, 5.74) is 0. The van der Waals surface area contributed by atoms with Crippen LogP contribution in [-0.2, 0) is 28.5 Å². The van der Waals surface area contributed by atoms with Crippen LogP contribution in [0.15, 0.2) is 0 Å². The molecule has 16 nitrogen and oxygen atoms in total. The minimum atomic E-state index is -1.78. The van der Waals surface area contributed by atoms with Crippen LogP contribution in [0.2, 0.25) is 0 Å². The van der Waals surface area contributed by atoms with Gasteiger partial charge in [0.15, 0.2) is 18.7 Å². The molecular formula is C54H103NO15. The van der Waals surface area contributed by atoms with Crippen LogP contribution in [0.5, 0.6) is 0 Å². The first kappa shape index (κ1) is 63.2. The molecule has 3 fully saturated rings. The largest absolute Gasteiger partial charge is 0.394 e. The minimum absolute atomic E-state index is 0.434. The molecule has 3 aliphatic heterocycles. The van der Waals surface area contributed by atoms with Gasteiger partial charge in [-0.1, -0.05) is 213 Å². The third kappa shape index (κ3) is 23.6. The second-order valence-corrected chi connectivity index (χ2v) is 20.9. The molecule has 0 bridgehead atoms. The van der Waals surface area contributed by atoms with Crippen molar-refractivity contribution in [2.75, 3.05) is 19.8 Å². The second-order valence-electron chi connectivity index (χ2n) is 20.9. The first-order chi connectivity index (χ1) is 34.0. The highest BCUT2D eigenvalue weighted by atomic mass is 16.7. The number of aliphatic hydroxyl groups is 9. The highest BCUT2D eigenvalue weighted by Gasteiger charge is 2.52. The fourth-order valence-corrected chi connectivity index (χ4v) is 10.3. The molecule has 1 amide bonds. The van der Waals surface area contributed by atoms with E-state index in [-0.39, 0.29) is 0 Å². The smallest absolute Gasteiger partial charge is 0.251 e. The van der Waals surface area contributed by atoms with Gasteiger partial charge >= 0.3 is 0 Å². The zero-order chi connectivity index (χ0) is 50.9. The number of nitrogens with one attached hydrogen (secondary N) is 1. The van der Waals surface area contributed by atoms with Crippen molar-refractivity contribution in [3.05, 3.63) is 0 Å². The molecule has 0 aromatic heterocycles. The molecule has 3 aliphatic rings. The fourth-order valence-electron chi connectivity index (χ4n) is 10.3. The Balaban J connectivity index is 1.50. The fraction of sp³-hybridized carbons (Fsp3) is 0.981. The molecule has 0 radical (unpaired) electrons. The molecule has 0 spiro atoms. The van der Waals surface area contributed by atoms with E-state index < -0.39 is 118 Å². The van der Waals surface area contributed by atoms with Crippen LogP contribution in [0.3, 0.4) is 0 Å². The predicted molar refractivity (Wildman–Crippen MR) is 269 cm³/mol. The maximum atomic E-state index is 13.5. The molecule has 0 aromatic carbocycles. The number of amides is 1. The summed E-state index contributed by atoms with van der Waals surface area (Å²) in [6, 6.07) is -1.12. The Hall–Kier alpha value is -1.09. The van der Waals surface area contributed by atoms with Gasteiger partial charge in [-0.15, -0.1) is 0 Å². The van der Waals surface area contributed by atoms with Gasteiger partial charge in [0.05, 0.1) is 38.1 Å². The number of carbonyl (C=O) groups excluding carboxylic acids is 1. The van der Waals surface area contributed by atoms with Crippen molar-refractivity contribution in [1.82, 2.24) is 5.32 Å². The quantitative estimate of drug-likeness (QED) is 0.0293. The van der Waals surface area contributed by atoms with Gasteiger partial charge in [-0.05, 0) is 12.8 Å². The van der Waals surface area contributed by atoms with E-state index in [2.05, 4.69) is 19.2 Å². The summed E-state index contributed by atoms with van der Waals surface area (Å²) < 4.78 is 29.2. The van der Waals surface area contributed by atoms with E-state index in [0.717, 1.165) is 51.4 Å². The Kier molecular flexibility index (Phi) is 34.7. The Morgan fingerprint density at radius 2 is 0.914 bits per heavy atom. The number of ether oxygens (including phenoxy) is 5. The van der Waals surface area contributed by atoms with Crippen molar-refractivity contribution >= 4 is 5.91 Å². The lowest BCUT2D eigenvalue weighted by molar-refractivity contribution is -0.332. The van der Waals surface area contributed by atoms with Crippen LogP contribution in [0.1, 0.15) is 226 Å². The summed E-state index contributed by atoms with van der Waals surface area (Å²) in [6.07, 6.45) is 18.6. The molecule has 70 heavy (non-hydrogen) atoms. The molecule has 10 N–H and O–H groups in total. The van der Waals surface area contributed by atoms with E-state index in [1.54, 1.807) is 0 Å². The molecule has 0 aliphatic carbocycles. The molecule has 10 unspecified atom stereocenters. The Bertz CT molecular complexity index is 1270. The average Bonchev–Trinajstić information content (AvgIpc) is 3.64. The third-order valence-corrected chi connectivity index (χ3v) is 14.9. The van der Waals surface area contributed by atoms with E-state index in [0.29, 0.717) is 12.8 Å². The third-order valence-electron chi connectivity index (χ3n) is 14.9. The van der Waals surface area contributed by atoms with Gasteiger partial charge < -0.3 is 75.0 Å². The summed E-state index contributed by atoms with van der Waals surface area (Å²) in [5, 5.41) is 98.6. The number of rotatable bonds is 41. The summed E-state index contributed by atoms with van der Waals surface area (Å²) in [5.74, 6) is -0.736. The maximum absolute atomic E-state index is 13.5. The lowest BCUT2D eigenvalue weighted by Gasteiger charge is -2.43. The van der Waals surface area contributed by atoms with Gasteiger partial charge in [0.25, 0.3) is 5.91 Å². The lowest BCUT2D eigenvalue weighted by atomic mass is 9.95. The van der Waals surface area contributed by atoms with Crippen LogP contribution in [0.25, 0.3) is 0 Å². The molecule has 0 saturated carbocycles. The Morgan fingerprint density at radius 3 is 1.34 bits per heavy atom. The Labute approximate surface area is 421 Å². The van der Waals surface area contributed by atoms with Crippen molar-refractivity contribution in [2.45, 2.75) is 318 Å². The molecule has 16 heteroatoms. The number of hydrogen-bond donors (Lipinski definition) is 10. The van der Waals surface area contributed by atoms with Crippen molar-refractivity contribution in [2.24, 2.45) is 0 Å². The number of hydrogen-bond acceptors (Lipinski definition) is 15. The van der Waals surface area contributed by atoms with Gasteiger partial charge in [-0.2, -0.15) is 0 Å². The predicted octanol–water partition coefficient (Wildman–Crippen LogP) is 6.51. The van der Waals surface area contributed by atoms with Crippen molar-refractivity contribution in [1.29, 1.82) is 0 Å². The maximum Gasteiger partial charge on any atom is 0.251 e. The second kappa shape index (κ2) is 38.5. The normalized spacial score (nSPS) is 31.2. The summed E-state index contributed by atoms with van der Waals surface area (Å²) >= 11 is 0. The number of aliphatic hydroxyl groups excluding tert-OH is 9. The van der Waals surface area contributed by atoms with E-state index >= 15 is 0 Å². The Morgan fingerprint density at radius 1 is 0.486 bits per heavy atom. The van der Waals surface area contributed by atoms with Crippen molar-refractivity contribution in [3.8, 4) is 0 Å². The summed E-state index contributed by atoms with van der Waals surface area (Å²) in [4.78, 5) is 13.5. The van der Waals surface area contributed by atoms with Gasteiger partial charge in [0.1, 0.15) is 54.9 Å². The average molecular weight is 1010 g/mol. The lowest BCUT2D eigenvalue weighted by Crippen LogP contribution is -2.63. The minimum Gasteiger partial charge on any atom is -0.394 e. The highest BCUT2D eigenvalue weighted by Crippen LogP contribution is 2.32. The van der Waals surface area contributed by atoms with Crippen LogP contribution in [-0.4, -0.2) is 164 Å². The topological polar surface area (TPSA) is 257 Å². The number of carbonyl (C=O) groups is 1.